The van der Waals surface area contributed by atoms with Gasteiger partial charge in [0.25, 0.3) is 0 Å². The van der Waals surface area contributed by atoms with Crippen LogP contribution in [0.5, 0.6) is 0 Å². The molecule has 4 heteroatoms. The molecule has 0 saturated heterocycles. The van der Waals surface area contributed by atoms with Gasteiger partial charge in [-0.2, -0.15) is 0 Å². The van der Waals surface area contributed by atoms with Gasteiger partial charge in [-0.3, -0.25) is 4.79 Å². The lowest BCUT2D eigenvalue weighted by Gasteiger charge is -2.09. The molecular weight excluding hydrogens is 170 g/mol. The molecule has 13 heavy (non-hydrogen) atoms. The van der Waals surface area contributed by atoms with Crippen LogP contribution < -0.4 is 5.32 Å². The van der Waals surface area contributed by atoms with Crippen LogP contribution in [-0.2, 0) is 9.59 Å². The normalized spacial score (nSPS) is 12.4. The second-order valence-corrected chi connectivity index (χ2v) is 3.18. The number of amides is 1. The van der Waals surface area contributed by atoms with E-state index in [1.807, 2.05) is 13.8 Å². The first-order valence-electron chi connectivity index (χ1n) is 4.08. The maximum Gasteiger partial charge on any atom is 0.331 e. The Morgan fingerprint density at radius 2 is 1.62 bits per heavy atom. The van der Waals surface area contributed by atoms with Crippen molar-refractivity contribution in [2.75, 3.05) is 0 Å². The number of hydrogen-bond acceptors (Lipinski definition) is 2. The van der Waals surface area contributed by atoms with Crippen molar-refractivity contribution in [3.8, 4) is 0 Å². The molecule has 0 fully saturated rings. The molecule has 2 N–H and O–H groups in total. The molecule has 4 nitrogen and oxygen atoms in total. The van der Waals surface area contributed by atoms with Gasteiger partial charge in [0.1, 0.15) is 0 Å². The monoisotopic (exact) mass is 185 g/mol. The molecule has 0 bridgehead atoms. The Morgan fingerprint density at radius 1 is 1.15 bits per heavy atom. The van der Waals surface area contributed by atoms with Crippen LogP contribution in [0.3, 0.4) is 0 Å². The summed E-state index contributed by atoms with van der Waals surface area (Å²) in [5.41, 5.74) is 0.333. The average Bonchev–Trinajstić information content (AvgIpc) is 2.00. The Bertz CT molecular complexity index is 254. The number of aliphatic carboxylic acids is 1. The van der Waals surface area contributed by atoms with Crippen LogP contribution in [0.1, 0.15) is 27.7 Å². The highest BCUT2D eigenvalue weighted by molar-refractivity contribution is 6.01. The van der Waals surface area contributed by atoms with E-state index < -0.39 is 5.97 Å². The fourth-order valence-corrected chi connectivity index (χ4v) is 0.701. The predicted octanol–water partition coefficient (Wildman–Crippen LogP) is 0.932. The quantitative estimate of drug-likeness (QED) is 0.643. The average molecular weight is 185 g/mol. The molecule has 0 rings (SSSR count). The van der Waals surface area contributed by atoms with Crippen LogP contribution in [0, 0.1) is 0 Å². The fourth-order valence-electron chi connectivity index (χ4n) is 0.701. The van der Waals surface area contributed by atoms with Crippen molar-refractivity contribution >= 4 is 11.9 Å². The van der Waals surface area contributed by atoms with Crippen molar-refractivity contribution in [1.82, 2.24) is 5.32 Å². The first-order chi connectivity index (χ1) is 5.86. The van der Waals surface area contributed by atoms with Crippen molar-refractivity contribution in [2.45, 2.75) is 33.7 Å². The molecule has 74 valence electrons. The molecule has 0 atom stereocenters. The van der Waals surface area contributed by atoms with Gasteiger partial charge in [-0.1, -0.05) is 0 Å². The highest BCUT2D eigenvalue weighted by Crippen LogP contribution is 2.03. The lowest BCUT2D eigenvalue weighted by atomic mass is 10.1. The smallest absolute Gasteiger partial charge is 0.331 e. The van der Waals surface area contributed by atoms with E-state index >= 15 is 0 Å². The molecule has 0 aromatic rings. The van der Waals surface area contributed by atoms with Crippen LogP contribution in [0.4, 0.5) is 0 Å². The number of rotatable bonds is 3. The van der Waals surface area contributed by atoms with E-state index in [2.05, 4.69) is 5.32 Å². The van der Waals surface area contributed by atoms with Crippen LogP contribution in [0.2, 0.25) is 0 Å². The summed E-state index contributed by atoms with van der Waals surface area (Å²) in [5, 5.41) is 11.2. The van der Waals surface area contributed by atoms with Crippen LogP contribution in [0.25, 0.3) is 0 Å². The van der Waals surface area contributed by atoms with Crippen molar-refractivity contribution < 1.29 is 14.7 Å². The molecule has 0 saturated carbocycles. The first-order valence-corrected chi connectivity index (χ1v) is 4.08. The number of carboxylic acid groups (broad SMARTS) is 1. The fraction of sp³-hybridized carbons (Fsp3) is 0.556. The van der Waals surface area contributed by atoms with Gasteiger partial charge in [0.05, 0.1) is 0 Å². The first kappa shape index (κ1) is 11.7. The zero-order chi connectivity index (χ0) is 10.6. The predicted molar refractivity (Wildman–Crippen MR) is 49.3 cm³/mol. The largest absolute Gasteiger partial charge is 0.478 e. The van der Waals surface area contributed by atoms with Crippen molar-refractivity contribution in [1.29, 1.82) is 0 Å². The molecule has 0 aromatic heterocycles. The molecule has 0 aliphatic rings. The maximum absolute atomic E-state index is 11.3. The second kappa shape index (κ2) is 4.64. The maximum atomic E-state index is 11.3. The summed E-state index contributed by atoms with van der Waals surface area (Å²) in [5.74, 6) is -1.38. The highest BCUT2D eigenvalue weighted by Gasteiger charge is 2.12. The molecule has 0 heterocycles. The zero-order valence-corrected chi connectivity index (χ0v) is 8.34. The number of carbonyl (C=O) groups excluding carboxylic acids is 1. The topological polar surface area (TPSA) is 66.4 Å². The molecule has 0 aromatic carbocycles. The van der Waals surface area contributed by atoms with Crippen molar-refractivity contribution in [2.24, 2.45) is 0 Å². The Balaban J connectivity index is 4.59. The summed E-state index contributed by atoms with van der Waals surface area (Å²) >= 11 is 0. The number of carbonyl (C=O) groups is 2. The summed E-state index contributed by atoms with van der Waals surface area (Å²) in [4.78, 5) is 21.8. The van der Waals surface area contributed by atoms with E-state index in [-0.39, 0.29) is 23.1 Å². The number of hydrogen-bond donors (Lipinski definition) is 2. The summed E-state index contributed by atoms with van der Waals surface area (Å²) in [6, 6.07) is 0.0176. The van der Waals surface area contributed by atoms with Gasteiger partial charge in [0.15, 0.2) is 0 Å². The van der Waals surface area contributed by atoms with Crippen LogP contribution in [0.15, 0.2) is 11.1 Å². The molecule has 0 spiro atoms. The lowest BCUT2D eigenvalue weighted by molar-refractivity contribution is -0.133. The Hall–Kier alpha value is -1.32. The van der Waals surface area contributed by atoms with Crippen LogP contribution >= 0.6 is 0 Å². The van der Waals surface area contributed by atoms with E-state index in [0.717, 1.165) is 0 Å². The summed E-state index contributed by atoms with van der Waals surface area (Å²) in [6.45, 7) is 6.56. The third-order valence-electron chi connectivity index (χ3n) is 1.64. The minimum absolute atomic E-state index is 0.0176. The number of carboxylic acids is 1. The van der Waals surface area contributed by atoms with Gasteiger partial charge in [-0.25, -0.2) is 4.79 Å². The second-order valence-electron chi connectivity index (χ2n) is 3.18. The number of nitrogens with one attached hydrogen (secondary N) is 1. The van der Waals surface area contributed by atoms with Gasteiger partial charge in [0, 0.05) is 17.2 Å². The molecular formula is C9H15NO3. The van der Waals surface area contributed by atoms with Gasteiger partial charge >= 0.3 is 5.97 Å². The summed E-state index contributed by atoms with van der Waals surface area (Å²) < 4.78 is 0. The van der Waals surface area contributed by atoms with Gasteiger partial charge in [0.2, 0.25) is 5.91 Å². The minimum Gasteiger partial charge on any atom is -0.478 e. The van der Waals surface area contributed by atoms with E-state index in [1.165, 1.54) is 13.8 Å². The van der Waals surface area contributed by atoms with E-state index in [4.69, 9.17) is 5.11 Å². The van der Waals surface area contributed by atoms with E-state index in [0.29, 0.717) is 0 Å². The van der Waals surface area contributed by atoms with Crippen molar-refractivity contribution in [3.05, 3.63) is 11.1 Å². The lowest BCUT2D eigenvalue weighted by Crippen LogP contribution is -2.31. The SMILES string of the molecule is CC(C(=O)O)=C(C)C(=O)NC(C)C. The zero-order valence-electron chi connectivity index (χ0n) is 8.34. The molecule has 0 aliphatic carbocycles. The summed E-state index contributed by atoms with van der Waals surface area (Å²) in [7, 11) is 0. The van der Waals surface area contributed by atoms with E-state index in [9.17, 15) is 9.59 Å². The van der Waals surface area contributed by atoms with E-state index in [1.54, 1.807) is 0 Å². The van der Waals surface area contributed by atoms with Crippen LogP contribution in [-0.4, -0.2) is 23.0 Å². The van der Waals surface area contributed by atoms with Crippen molar-refractivity contribution in [3.63, 3.8) is 0 Å². The molecule has 0 unspecified atom stereocenters. The molecule has 0 aliphatic heterocycles. The Kier molecular flexibility index (Phi) is 4.17. The molecule has 0 radical (unpaired) electrons. The standard InChI is InChI=1S/C9H15NO3/c1-5(2)10-8(11)6(3)7(4)9(12)13/h5H,1-4H3,(H,10,11)(H,12,13). The highest BCUT2D eigenvalue weighted by atomic mass is 16.4. The summed E-state index contributed by atoms with van der Waals surface area (Å²) in [6.07, 6.45) is 0. The Labute approximate surface area is 77.6 Å². The third kappa shape index (κ3) is 3.73. The molecule has 1 amide bonds. The third-order valence-corrected chi connectivity index (χ3v) is 1.64. The van der Waals surface area contributed by atoms with Gasteiger partial charge in [-0.15, -0.1) is 0 Å². The Morgan fingerprint density at radius 3 is 1.92 bits per heavy atom. The van der Waals surface area contributed by atoms with Gasteiger partial charge in [-0.05, 0) is 27.7 Å². The van der Waals surface area contributed by atoms with Gasteiger partial charge < -0.3 is 10.4 Å². The minimum atomic E-state index is -1.06.